The molecular formula is C46H72N2O5. The molecule has 0 radical (unpaired) electrons. The van der Waals surface area contributed by atoms with Crippen molar-refractivity contribution < 1.29 is 24.2 Å². The third-order valence-electron chi connectivity index (χ3n) is 16.4. The highest BCUT2D eigenvalue weighted by Gasteiger charge is 2.70. The van der Waals surface area contributed by atoms with Gasteiger partial charge in [-0.1, -0.05) is 67.5 Å². The smallest absolute Gasteiger partial charge is 0.309 e. The van der Waals surface area contributed by atoms with Gasteiger partial charge in [-0.3, -0.25) is 19.4 Å². The Hall–Kier alpha value is -2.54. The lowest BCUT2D eigenvalue weighted by molar-refractivity contribution is -0.233. The van der Waals surface area contributed by atoms with Gasteiger partial charge in [0.2, 0.25) is 0 Å². The van der Waals surface area contributed by atoms with Crippen LogP contribution in [0, 0.1) is 56.2 Å². The first-order valence-electron chi connectivity index (χ1n) is 20.4. The fraction of sp³-hybridized carbons (Fsp3) is 0.783. The lowest BCUT2D eigenvalue weighted by Gasteiger charge is -2.72. The number of allylic oxidation sites excluding steroid dienone is 2. The Kier molecular flexibility index (Phi) is 10.9. The van der Waals surface area contributed by atoms with E-state index in [1.807, 2.05) is 12.3 Å². The molecule has 1 aromatic rings. The van der Waals surface area contributed by atoms with Crippen molar-refractivity contribution in [2.24, 2.45) is 56.2 Å². The van der Waals surface area contributed by atoms with Crippen LogP contribution in [0.5, 0.6) is 0 Å². The zero-order valence-electron chi connectivity index (χ0n) is 34.2. The standard InChI is InChI=1S/C45H68N2O5.CH4/c1-28(2)36-30(48)26-45(23-25-47-41(7,8)33-14-12-13-24-46-33)22-21-43(10)29(37(36)45)15-16-32-42(9)19-18-34(52-35(49)27-39(3,4)38(50)51)40(5,6)31(42)17-20-44(32,43)11;/h12-14,24,28-29,31-32,34,47H,15-23,25-27H2,1-11H3,(H,50,51);1H4/t29-,31+,32-,34+,42+,43-,44-,45-;/m1./s1. The summed E-state index contributed by atoms with van der Waals surface area (Å²) in [5, 5.41) is 13.5. The fourth-order valence-electron chi connectivity index (χ4n) is 13.3. The van der Waals surface area contributed by atoms with Crippen LogP contribution in [-0.2, 0) is 24.7 Å². The lowest BCUT2D eigenvalue weighted by atomic mass is 9.33. The van der Waals surface area contributed by atoms with Gasteiger partial charge in [-0.25, -0.2) is 0 Å². The number of Topliss-reactive ketones (excluding diaryl/α,β-unsaturated/α-hetero) is 1. The van der Waals surface area contributed by atoms with Crippen LogP contribution < -0.4 is 5.32 Å². The highest BCUT2D eigenvalue weighted by atomic mass is 16.5. The number of carboxylic acid groups (broad SMARTS) is 1. The van der Waals surface area contributed by atoms with E-state index >= 15 is 0 Å². The van der Waals surface area contributed by atoms with E-state index < -0.39 is 17.4 Å². The second-order valence-electron chi connectivity index (χ2n) is 20.7. The van der Waals surface area contributed by atoms with Gasteiger partial charge in [0.25, 0.3) is 0 Å². The minimum Gasteiger partial charge on any atom is -0.481 e. The number of hydrogen-bond acceptors (Lipinski definition) is 6. The molecule has 4 saturated carbocycles. The molecule has 0 amide bonds. The van der Waals surface area contributed by atoms with Gasteiger partial charge >= 0.3 is 11.9 Å². The van der Waals surface area contributed by atoms with Gasteiger partial charge in [-0.05, 0) is 150 Å². The van der Waals surface area contributed by atoms with Crippen LogP contribution >= 0.6 is 0 Å². The molecule has 5 aliphatic rings. The lowest BCUT2D eigenvalue weighted by Crippen LogP contribution is -2.65. The predicted octanol–water partition coefficient (Wildman–Crippen LogP) is 10.3. The van der Waals surface area contributed by atoms with E-state index in [9.17, 15) is 19.5 Å². The summed E-state index contributed by atoms with van der Waals surface area (Å²) >= 11 is 0. The molecule has 0 aromatic carbocycles. The maximum absolute atomic E-state index is 14.1. The van der Waals surface area contributed by atoms with Crippen molar-refractivity contribution in [1.82, 2.24) is 10.3 Å². The summed E-state index contributed by atoms with van der Waals surface area (Å²) in [5.74, 6) is 0.616. The van der Waals surface area contributed by atoms with Crippen molar-refractivity contribution in [2.75, 3.05) is 6.54 Å². The Morgan fingerprint density at radius 1 is 0.943 bits per heavy atom. The summed E-state index contributed by atoms with van der Waals surface area (Å²) in [5.41, 5.74) is 2.39. The minimum atomic E-state index is -1.15. The molecule has 5 aliphatic carbocycles. The first-order valence-corrected chi connectivity index (χ1v) is 20.4. The van der Waals surface area contributed by atoms with Crippen molar-refractivity contribution in [3.8, 4) is 0 Å². The van der Waals surface area contributed by atoms with Crippen molar-refractivity contribution in [2.45, 2.75) is 166 Å². The molecule has 0 aliphatic heterocycles. The molecule has 0 bridgehead atoms. The molecule has 6 rings (SSSR count). The summed E-state index contributed by atoms with van der Waals surface area (Å²) in [6, 6.07) is 6.11. The first-order chi connectivity index (χ1) is 24.1. The zero-order valence-corrected chi connectivity index (χ0v) is 34.2. The molecule has 1 aromatic heterocycles. The van der Waals surface area contributed by atoms with E-state index in [2.05, 4.69) is 84.7 Å². The fourth-order valence-corrected chi connectivity index (χ4v) is 13.3. The Bertz CT molecular complexity index is 1610. The molecule has 296 valence electrons. The van der Waals surface area contributed by atoms with Gasteiger partial charge < -0.3 is 15.2 Å². The van der Waals surface area contributed by atoms with Crippen molar-refractivity contribution in [1.29, 1.82) is 0 Å². The van der Waals surface area contributed by atoms with Gasteiger partial charge in [0.1, 0.15) is 6.10 Å². The quantitative estimate of drug-likeness (QED) is 0.231. The predicted molar refractivity (Wildman–Crippen MR) is 212 cm³/mol. The van der Waals surface area contributed by atoms with Crippen LogP contribution in [0.15, 0.2) is 35.5 Å². The Labute approximate surface area is 321 Å². The molecule has 1 heterocycles. The molecule has 0 saturated heterocycles. The third kappa shape index (κ3) is 6.55. The van der Waals surface area contributed by atoms with Crippen LogP contribution in [0.2, 0.25) is 0 Å². The highest BCUT2D eigenvalue weighted by Crippen LogP contribution is 2.77. The number of aliphatic carboxylic acids is 1. The first kappa shape index (κ1) is 41.6. The maximum atomic E-state index is 14.1. The normalized spacial score (nSPS) is 36.5. The number of hydrogen-bond donors (Lipinski definition) is 2. The second kappa shape index (κ2) is 13.9. The number of pyridine rings is 1. The average molecular weight is 733 g/mol. The molecule has 53 heavy (non-hydrogen) atoms. The largest absolute Gasteiger partial charge is 0.481 e. The van der Waals surface area contributed by atoms with Gasteiger partial charge in [0.05, 0.1) is 23.1 Å². The summed E-state index contributed by atoms with van der Waals surface area (Å²) < 4.78 is 6.19. The number of nitrogens with one attached hydrogen (secondary N) is 1. The summed E-state index contributed by atoms with van der Waals surface area (Å²) in [7, 11) is 0. The van der Waals surface area contributed by atoms with E-state index in [1.54, 1.807) is 13.8 Å². The number of carbonyl (C=O) groups is 3. The van der Waals surface area contributed by atoms with E-state index in [1.165, 1.54) is 12.0 Å². The molecular weight excluding hydrogens is 661 g/mol. The number of ether oxygens (including phenoxy) is 1. The van der Waals surface area contributed by atoms with Gasteiger partial charge in [0.15, 0.2) is 5.78 Å². The second-order valence-corrected chi connectivity index (χ2v) is 20.7. The molecule has 7 nitrogen and oxygen atoms in total. The third-order valence-corrected chi connectivity index (χ3v) is 16.4. The van der Waals surface area contributed by atoms with Gasteiger partial charge in [-0.2, -0.15) is 0 Å². The molecule has 7 heteroatoms. The topological polar surface area (TPSA) is 106 Å². The highest BCUT2D eigenvalue weighted by molar-refractivity contribution is 6.00. The van der Waals surface area contributed by atoms with Crippen LogP contribution in [0.1, 0.15) is 160 Å². The average Bonchev–Trinajstić information content (AvgIpc) is 3.35. The van der Waals surface area contributed by atoms with Crippen molar-refractivity contribution >= 4 is 17.7 Å². The number of rotatable bonds is 10. The van der Waals surface area contributed by atoms with E-state index in [-0.39, 0.29) is 58.5 Å². The van der Waals surface area contributed by atoms with Crippen molar-refractivity contribution in [3.63, 3.8) is 0 Å². The number of fused-ring (bicyclic) bond motifs is 7. The summed E-state index contributed by atoms with van der Waals surface area (Å²) in [6.07, 6.45) is 11.8. The van der Waals surface area contributed by atoms with E-state index in [4.69, 9.17) is 4.74 Å². The minimum absolute atomic E-state index is 0. The molecule has 2 N–H and O–H groups in total. The molecule has 0 spiro atoms. The Balaban J connectivity index is 0.00000541. The number of carbonyl (C=O) groups excluding carboxylic acids is 2. The maximum Gasteiger partial charge on any atom is 0.309 e. The van der Waals surface area contributed by atoms with Crippen LogP contribution in [0.25, 0.3) is 0 Å². The van der Waals surface area contributed by atoms with Crippen LogP contribution in [0.4, 0.5) is 0 Å². The molecule has 0 unspecified atom stereocenters. The number of nitrogens with zero attached hydrogens (tertiary/aromatic N) is 1. The summed E-state index contributed by atoms with van der Waals surface area (Å²) in [4.78, 5) is 43.6. The Morgan fingerprint density at radius 3 is 2.26 bits per heavy atom. The van der Waals surface area contributed by atoms with Gasteiger partial charge in [-0.15, -0.1) is 0 Å². The molecule has 8 atom stereocenters. The number of aromatic nitrogens is 1. The van der Waals surface area contributed by atoms with Crippen LogP contribution in [-0.4, -0.2) is 40.5 Å². The summed E-state index contributed by atoms with van der Waals surface area (Å²) in [6.45, 7) is 25.3. The molecule has 4 fully saturated rings. The van der Waals surface area contributed by atoms with E-state index in [0.717, 1.165) is 69.2 Å². The number of ketones is 1. The van der Waals surface area contributed by atoms with Crippen LogP contribution in [0.3, 0.4) is 0 Å². The monoisotopic (exact) mass is 733 g/mol. The number of carboxylic acids is 1. The van der Waals surface area contributed by atoms with Crippen molar-refractivity contribution in [3.05, 3.63) is 41.2 Å². The SMILES string of the molecule is C.CC(C)C1=C2[C@H]3CC[C@@H]4[C@@]5(C)CC[C@H](OC(=O)CC(C)(C)C(=O)O)C(C)(C)[C@@H]5CC[C@@]4(C)[C@]3(C)CC[C@@]2(CCNC(C)(C)c2ccccn2)CC1=O. The Morgan fingerprint density at radius 2 is 1.64 bits per heavy atom. The van der Waals surface area contributed by atoms with E-state index in [0.29, 0.717) is 30.0 Å². The zero-order chi connectivity index (χ0) is 38.3. The van der Waals surface area contributed by atoms with Gasteiger partial charge in [0, 0.05) is 23.4 Å². The number of esters is 1.